The van der Waals surface area contributed by atoms with Crippen LogP contribution >= 0.6 is 11.3 Å². The van der Waals surface area contributed by atoms with Gasteiger partial charge in [0, 0.05) is 23.8 Å². The van der Waals surface area contributed by atoms with Gasteiger partial charge in [-0.2, -0.15) is 15.7 Å². The predicted octanol–water partition coefficient (Wildman–Crippen LogP) is 4.21. The quantitative estimate of drug-likeness (QED) is 0.547. The predicted molar refractivity (Wildman–Crippen MR) is 113 cm³/mol. The van der Waals surface area contributed by atoms with E-state index < -0.39 is 33.5 Å². The number of amides is 1. The van der Waals surface area contributed by atoms with Crippen LogP contribution < -0.4 is 5.32 Å². The van der Waals surface area contributed by atoms with E-state index >= 15 is 0 Å². The molecule has 160 valence electrons. The molecule has 3 heterocycles. The zero-order valence-corrected chi connectivity index (χ0v) is 18.3. The Morgan fingerprint density at radius 2 is 2.10 bits per heavy atom. The van der Waals surface area contributed by atoms with Gasteiger partial charge < -0.3 is 10.4 Å². The zero-order valence-electron chi connectivity index (χ0n) is 16.7. The largest absolute Gasteiger partial charge is 0.465 e. The van der Waals surface area contributed by atoms with Gasteiger partial charge in [0.15, 0.2) is 0 Å². The Morgan fingerprint density at radius 1 is 1.37 bits per heavy atom. The summed E-state index contributed by atoms with van der Waals surface area (Å²) in [4.78, 5) is 15.0. The minimum atomic E-state index is -3.97. The Bertz CT molecular complexity index is 1150. The first-order valence-electron chi connectivity index (χ1n) is 9.09. The minimum Gasteiger partial charge on any atom is -0.465 e. The first kappa shape index (κ1) is 22.0. The van der Waals surface area contributed by atoms with E-state index in [4.69, 9.17) is 0 Å². The van der Waals surface area contributed by atoms with Crippen LogP contribution in [0, 0.1) is 11.4 Å². The molecule has 30 heavy (non-hydrogen) atoms. The standard InChI is InChI=1S/C20H22FN3O4S2/c1-20(2,3)17(23-19(25)26)10-13-9-16(15-5-4-7-22-18(15)21)24(11-13)30(27,28)14-6-8-29-12-14/h4-9,11-12,17,23H,10H2,1-3H3,(H,25,26). The molecule has 0 saturated carbocycles. The summed E-state index contributed by atoms with van der Waals surface area (Å²) in [7, 11) is -3.97. The number of aromatic nitrogens is 2. The maximum atomic E-state index is 14.4. The van der Waals surface area contributed by atoms with Crippen LogP contribution in [0.1, 0.15) is 26.3 Å². The summed E-state index contributed by atoms with van der Waals surface area (Å²) in [5.74, 6) is -0.792. The molecule has 7 nitrogen and oxygen atoms in total. The van der Waals surface area contributed by atoms with Gasteiger partial charge in [0.1, 0.15) is 0 Å². The number of thiophene rings is 1. The fourth-order valence-electron chi connectivity index (χ4n) is 3.05. The molecule has 0 saturated heterocycles. The zero-order chi connectivity index (χ0) is 22.1. The van der Waals surface area contributed by atoms with Crippen molar-refractivity contribution in [3.8, 4) is 11.3 Å². The van der Waals surface area contributed by atoms with Crippen molar-refractivity contribution in [2.75, 3.05) is 0 Å². The fraction of sp³-hybridized carbons (Fsp3) is 0.300. The number of hydrogen-bond acceptors (Lipinski definition) is 5. The van der Waals surface area contributed by atoms with Crippen molar-refractivity contribution in [3.05, 3.63) is 58.9 Å². The summed E-state index contributed by atoms with van der Waals surface area (Å²) in [6.07, 6.45) is 1.76. The lowest BCUT2D eigenvalue weighted by Gasteiger charge is -2.30. The van der Waals surface area contributed by atoms with Crippen molar-refractivity contribution >= 4 is 27.5 Å². The van der Waals surface area contributed by atoms with Crippen LogP contribution in [0.15, 0.2) is 52.3 Å². The molecule has 1 atom stereocenters. The van der Waals surface area contributed by atoms with E-state index in [-0.39, 0.29) is 22.6 Å². The molecule has 0 bridgehead atoms. The lowest BCUT2D eigenvalue weighted by Crippen LogP contribution is -2.44. The highest BCUT2D eigenvalue weighted by Crippen LogP contribution is 2.31. The highest BCUT2D eigenvalue weighted by atomic mass is 32.2. The number of halogens is 1. The van der Waals surface area contributed by atoms with Crippen molar-refractivity contribution < 1.29 is 22.7 Å². The number of nitrogens with one attached hydrogen (secondary N) is 1. The normalized spacial score (nSPS) is 13.2. The van der Waals surface area contributed by atoms with E-state index in [1.54, 1.807) is 11.4 Å². The first-order chi connectivity index (χ1) is 14.0. The highest BCUT2D eigenvalue weighted by molar-refractivity contribution is 7.90. The molecule has 0 spiro atoms. The lowest BCUT2D eigenvalue weighted by molar-refractivity contribution is 0.174. The molecule has 0 radical (unpaired) electrons. The summed E-state index contributed by atoms with van der Waals surface area (Å²) >= 11 is 1.24. The smallest absolute Gasteiger partial charge is 0.404 e. The Hall–Kier alpha value is -2.72. The van der Waals surface area contributed by atoms with Gasteiger partial charge in [0.25, 0.3) is 10.0 Å². The molecular weight excluding hydrogens is 429 g/mol. The second-order valence-electron chi connectivity index (χ2n) is 7.91. The van der Waals surface area contributed by atoms with Crippen LogP contribution in [0.25, 0.3) is 11.3 Å². The molecular formula is C20H22FN3O4S2. The maximum absolute atomic E-state index is 14.4. The monoisotopic (exact) mass is 451 g/mol. The van der Waals surface area contributed by atoms with Crippen molar-refractivity contribution in [2.24, 2.45) is 5.41 Å². The van der Waals surface area contributed by atoms with E-state index in [2.05, 4.69) is 10.3 Å². The van der Waals surface area contributed by atoms with Gasteiger partial charge in [-0.05, 0) is 47.0 Å². The second kappa shape index (κ2) is 8.19. The van der Waals surface area contributed by atoms with Gasteiger partial charge in [0.05, 0.1) is 16.2 Å². The first-order valence-corrected chi connectivity index (χ1v) is 11.5. The minimum absolute atomic E-state index is 0.0426. The lowest BCUT2D eigenvalue weighted by atomic mass is 9.83. The summed E-state index contributed by atoms with van der Waals surface area (Å²) in [6.45, 7) is 5.65. The van der Waals surface area contributed by atoms with E-state index in [1.165, 1.54) is 47.3 Å². The molecule has 3 aromatic rings. The van der Waals surface area contributed by atoms with E-state index in [1.807, 2.05) is 20.8 Å². The third-order valence-electron chi connectivity index (χ3n) is 4.71. The Balaban J connectivity index is 2.14. The van der Waals surface area contributed by atoms with Gasteiger partial charge in [-0.15, -0.1) is 0 Å². The van der Waals surface area contributed by atoms with Gasteiger partial charge in [-0.3, -0.25) is 0 Å². The molecule has 2 N–H and O–H groups in total. The van der Waals surface area contributed by atoms with Gasteiger partial charge in [-0.25, -0.2) is 22.2 Å². The van der Waals surface area contributed by atoms with E-state index in [0.717, 1.165) is 3.97 Å². The van der Waals surface area contributed by atoms with Crippen LogP contribution in [-0.2, 0) is 16.4 Å². The number of pyridine rings is 1. The van der Waals surface area contributed by atoms with Crippen LogP contribution in [-0.4, -0.2) is 34.6 Å². The summed E-state index contributed by atoms with van der Waals surface area (Å²) < 4.78 is 41.8. The summed E-state index contributed by atoms with van der Waals surface area (Å²) in [5.41, 5.74) is 0.304. The van der Waals surface area contributed by atoms with Crippen molar-refractivity contribution in [2.45, 2.75) is 38.1 Å². The Kier molecular flexibility index (Phi) is 6.00. The van der Waals surface area contributed by atoms with Crippen molar-refractivity contribution in [1.82, 2.24) is 14.3 Å². The number of carbonyl (C=O) groups is 1. The third kappa shape index (κ3) is 4.54. The van der Waals surface area contributed by atoms with Crippen LogP contribution in [0.4, 0.5) is 9.18 Å². The highest BCUT2D eigenvalue weighted by Gasteiger charge is 2.29. The third-order valence-corrected chi connectivity index (χ3v) is 7.21. The second-order valence-corrected chi connectivity index (χ2v) is 10.5. The molecule has 1 unspecified atom stereocenters. The number of rotatable bonds is 6. The molecule has 1 amide bonds. The molecule has 0 aromatic carbocycles. The SMILES string of the molecule is CC(C)(C)C(Cc1cc(-c2cccnc2F)n(S(=O)(=O)c2ccsc2)c1)NC(=O)O. The van der Waals surface area contributed by atoms with Crippen LogP contribution in [0.2, 0.25) is 0 Å². The Morgan fingerprint density at radius 3 is 2.67 bits per heavy atom. The molecule has 0 aliphatic rings. The summed E-state index contributed by atoms with van der Waals surface area (Å²) in [6, 6.07) is 5.54. The van der Waals surface area contributed by atoms with Gasteiger partial charge in [0.2, 0.25) is 5.95 Å². The molecule has 3 aromatic heterocycles. The van der Waals surface area contributed by atoms with Crippen molar-refractivity contribution in [3.63, 3.8) is 0 Å². The van der Waals surface area contributed by atoms with Crippen LogP contribution in [0.5, 0.6) is 0 Å². The molecule has 0 aliphatic heterocycles. The summed E-state index contributed by atoms with van der Waals surface area (Å²) in [5, 5.41) is 14.8. The molecule has 3 rings (SSSR count). The van der Waals surface area contributed by atoms with E-state index in [0.29, 0.717) is 5.56 Å². The number of carboxylic acid groups (broad SMARTS) is 1. The molecule has 10 heteroatoms. The number of nitrogens with zero attached hydrogens (tertiary/aromatic N) is 2. The number of hydrogen-bond donors (Lipinski definition) is 2. The Labute approximate surface area is 178 Å². The average molecular weight is 452 g/mol. The fourth-order valence-corrected chi connectivity index (χ4v) is 5.46. The van der Waals surface area contributed by atoms with E-state index in [9.17, 15) is 22.7 Å². The van der Waals surface area contributed by atoms with Crippen molar-refractivity contribution in [1.29, 1.82) is 0 Å². The average Bonchev–Trinajstić information content (AvgIpc) is 3.31. The van der Waals surface area contributed by atoms with Crippen LogP contribution in [0.3, 0.4) is 0 Å². The molecule has 0 fully saturated rings. The molecule has 0 aliphatic carbocycles. The van der Waals surface area contributed by atoms with Gasteiger partial charge in [-0.1, -0.05) is 20.8 Å². The maximum Gasteiger partial charge on any atom is 0.404 e. The van der Waals surface area contributed by atoms with Gasteiger partial charge >= 0.3 is 6.09 Å². The topological polar surface area (TPSA) is 101 Å².